The highest BCUT2D eigenvalue weighted by Crippen LogP contribution is 2.26. The summed E-state index contributed by atoms with van der Waals surface area (Å²) < 4.78 is 5.98. The summed E-state index contributed by atoms with van der Waals surface area (Å²) in [4.78, 5) is 29.5. The Bertz CT molecular complexity index is 1250. The van der Waals surface area contributed by atoms with Gasteiger partial charge in [-0.1, -0.05) is 85.5 Å². The maximum Gasteiger partial charge on any atom is 0.261 e. The molecule has 1 fully saturated rings. The maximum atomic E-state index is 13.9. The Morgan fingerprint density at radius 2 is 1.56 bits per heavy atom. The predicted octanol–water partition coefficient (Wildman–Crippen LogP) is 6.73. The van der Waals surface area contributed by atoms with E-state index in [4.69, 9.17) is 16.3 Å². The van der Waals surface area contributed by atoms with E-state index in [9.17, 15) is 9.59 Å². The van der Waals surface area contributed by atoms with Gasteiger partial charge in [0.2, 0.25) is 5.91 Å². The van der Waals surface area contributed by atoms with Gasteiger partial charge in [0.25, 0.3) is 5.91 Å². The highest BCUT2D eigenvalue weighted by molar-refractivity contribution is 6.32. The summed E-state index contributed by atoms with van der Waals surface area (Å²) in [5.74, 6) is 0.249. The molecule has 0 spiro atoms. The molecule has 0 heterocycles. The third-order valence-electron chi connectivity index (χ3n) is 7.60. The molecule has 0 aromatic heterocycles. The molecule has 0 radical (unpaired) electrons. The van der Waals surface area contributed by atoms with E-state index in [1.54, 1.807) is 4.90 Å². The molecule has 6 heteroatoms. The number of amides is 2. The molecule has 5 nitrogen and oxygen atoms in total. The maximum absolute atomic E-state index is 13.9. The van der Waals surface area contributed by atoms with Gasteiger partial charge in [0.1, 0.15) is 11.8 Å². The molecule has 2 amide bonds. The van der Waals surface area contributed by atoms with Gasteiger partial charge in [-0.05, 0) is 73.6 Å². The molecule has 0 saturated heterocycles. The molecular formula is C33H39ClN2O3. The quantitative estimate of drug-likeness (QED) is 0.306. The Morgan fingerprint density at radius 3 is 2.23 bits per heavy atom. The van der Waals surface area contributed by atoms with Gasteiger partial charge < -0.3 is 15.0 Å². The average molecular weight is 547 g/mol. The third-order valence-corrected chi connectivity index (χ3v) is 8.19. The molecule has 4 rings (SSSR count). The lowest BCUT2D eigenvalue weighted by molar-refractivity contribution is -0.143. The molecule has 1 aliphatic rings. The average Bonchev–Trinajstić information content (AvgIpc) is 2.94. The van der Waals surface area contributed by atoms with Crippen molar-refractivity contribution >= 4 is 23.4 Å². The largest absolute Gasteiger partial charge is 0.484 e. The van der Waals surface area contributed by atoms with Crippen LogP contribution < -0.4 is 10.1 Å². The number of carbonyl (C=O) groups is 2. The molecule has 0 aliphatic heterocycles. The van der Waals surface area contributed by atoms with Crippen molar-refractivity contribution in [2.45, 2.75) is 77.9 Å². The fourth-order valence-electron chi connectivity index (χ4n) is 5.29. The zero-order valence-corrected chi connectivity index (χ0v) is 24.0. The van der Waals surface area contributed by atoms with Crippen molar-refractivity contribution in [3.05, 3.63) is 99.6 Å². The number of ether oxygens (including phenoxy) is 1. The van der Waals surface area contributed by atoms with E-state index in [1.165, 1.54) is 6.42 Å². The smallest absolute Gasteiger partial charge is 0.261 e. The summed E-state index contributed by atoms with van der Waals surface area (Å²) in [5, 5.41) is 3.97. The van der Waals surface area contributed by atoms with Gasteiger partial charge in [-0.15, -0.1) is 0 Å². The summed E-state index contributed by atoms with van der Waals surface area (Å²) in [6.07, 6.45) is 5.83. The van der Waals surface area contributed by atoms with E-state index >= 15 is 0 Å². The van der Waals surface area contributed by atoms with Gasteiger partial charge in [0.15, 0.2) is 6.61 Å². The molecule has 0 bridgehead atoms. The van der Waals surface area contributed by atoms with Crippen LogP contribution in [0.1, 0.15) is 59.9 Å². The molecule has 3 aromatic rings. The first-order chi connectivity index (χ1) is 18.8. The van der Waals surface area contributed by atoms with Crippen LogP contribution in [0.3, 0.4) is 0 Å². The van der Waals surface area contributed by atoms with Crippen LogP contribution in [0.4, 0.5) is 0 Å². The topological polar surface area (TPSA) is 58.6 Å². The lowest BCUT2D eigenvalue weighted by Gasteiger charge is -2.33. The van der Waals surface area contributed by atoms with Crippen molar-refractivity contribution in [2.75, 3.05) is 6.61 Å². The number of benzene rings is 3. The fourth-order valence-corrected chi connectivity index (χ4v) is 5.40. The Labute approximate surface area is 237 Å². The van der Waals surface area contributed by atoms with Crippen LogP contribution in [0.25, 0.3) is 0 Å². The normalized spacial score (nSPS) is 14.5. The van der Waals surface area contributed by atoms with Crippen molar-refractivity contribution < 1.29 is 14.3 Å². The van der Waals surface area contributed by atoms with Crippen molar-refractivity contribution in [3.8, 4) is 5.75 Å². The van der Waals surface area contributed by atoms with Gasteiger partial charge in [-0.3, -0.25) is 9.59 Å². The zero-order valence-electron chi connectivity index (χ0n) is 23.2. The lowest BCUT2D eigenvalue weighted by atomic mass is 9.94. The van der Waals surface area contributed by atoms with Crippen LogP contribution in [0.2, 0.25) is 5.02 Å². The molecule has 3 aromatic carbocycles. The van der Waals surface area contributed by atoms with Crippen LogP contribution in [0, 0.1) is 20.8 Å². The van der Waals surface area contributed by atoms with E-state index in [2.05, 4.69) is 5.32 Å². The second-order valence-corrected chi connectivity index (χ2v) is 11.0. The fraction of sp³-hybridized carbons (Fsp3) is 0.394. The minimum absolute atomic E-state index is 0.106. The molecular weight excluding hydrogens is 508 g/mol. The number of hydrogen-bond acceptors (Lipinski definition) is 3. The van der Waals surface area contributed by atoms with Crippen LogP contribution >= 0.6 is 11.6 Å². The lowest BCUT2D eigenvalue weighted by Crippen LogP contribution is -2.53. The summed E-state index contributed by atoms with van der Waals surface area (Å²) in [7, 11) is 0. The predicted molar refractivity (Wildman–Crippen MR) is 157 cm³/mol. The van der Waals surface area contributed by atoms with E-state index in [0.717, 1.165) is 53.5 Å². The first-order valence-corrected chi connectivity index (χ1v) is 14.3. The van der Waals surface area contributed by atoms with Gasteiger partial charge >= 0.3 is 0 Å². The molecule has 39 heavy (non-hydrogen) atoms. The Kier molecular flexibility index (Phi) is 10.0. The summed E-state index contributed by atoms with van der Waals surface area (Å²) >= 11 is 6.33. The Morgan fingerprint density at radius 1 is 0.923 bits per heavy atom. The number of nitrogens with zero attached hydrogens (tertiary/aromatic N) is 1. The third kappa shape index (κ3) is 7.86. The first-order valence-electron chi connectivity index (χ1n) is 13.9. The van der Waals surface area contributed by atoms with E-state index in [0.29, 0.717) is 23.7 Å². The van der Waals surface area contributed by atoms with Crippen molar-refractivity contribution in [1.82, 2.24) is 10.2 Å². The van der Waals surface area contributed by atoms with Crippen LogP contribution in [0.5, 0.6) is 5.75 Å². The number of hydrogen-bond donors (Lipinski definition) is 1. The number of halogens is 1. The van der Waals surface area contributed by atoms with Crippen molar-refractivity contribution in [2.24, 2.45) is 0 Å². The highest BCUT2D eigenvalue weighted by atomic mass is 35.5. The van der Waals surface area contributed by atoms with Crippen molar-refractivity contribution in [3.63, 3.8) is 0 Å². The SMILES string of the molecule is Cc1ccccc1CN(C(=O)COc1cc(C)c(Cl)c(C)c1)C(Cc1ccccc1)C(=O)NC1CCCCC1. The van der Waals surface area contributed by atoms with Gasteiger partial charge in [0.05, 0.1) is 0 Å². The molecule has 1 atom stereocenters. The Hall–Kier alpha value is -3.31. The monoisotopic (exact) mass is 546 g/mol. The second kappa shape index (κ2) is 13.7. The number of aryl methyl sites for hydroxylation is 3. The number of nitrogens with one attached hydrogen (secondary N) is 1. The molecule has 1 aliphatic carbocycles. The standard InChI is InChI=1S/C33H39ClN2O3/c1-23-12-10-11-15-27(23)21-36(31(37)22-39-29-18-24(2)32(34)25(3)19-29)30(20-26-13-6-4-7-14-26)33(38)35-28-16-8-5-9-17-28/h4,6-7,10-15,18-19,28,30H,5,8-9,16-17,20-22H2,1-3H3,(H,35,38). The van der Waals surface area contributed by atoms with E-state index < -0.39 is 6.04 Å². The summed E-state index contributed by atoms with van der Waals surface area (Å²) in [5.41, 5.74) is 4.88. The Balaban J connectivity index is 1.63. The van der Waals surface area contributed by atoms with Crippen LogP contribution in [0.15, 0.2) is 66.7 Å². The summed E-state index contributed by atoms with van der Waals surface area (Å²) in [6, 6.07) is 21.1. The van der Waals surface area contributed by atoms with Crippen LogP contribution in [-0.4, -0.2) is 35.4 Å². The van der Waals surface area contributed by atoms with Gasteiger partial charge in [-0.25, -0.2) is 0 Å². The molecule has 206 valence electrons. The van der Waals surface area contributed by atoms with Crippen molar-refractivity contribution in [1.29, 1.82) is 0 Å². The second-order valence-electron chi connectivity index (χ2n) is 10.7. The highest BCUT2D eigenvalue weighted by Gasteiger charge is 2.32. The molecule has 1 unspecified atom stereocenters. The van der Waals surface area contributed by atoms with Crippen LogP contribution in [-0.2, 0) is 22.6 Å². The van der Waals surface area contributed by atoms with Gasteiger partial charge in [-0.2, -0.15) is 0 Å². The molecule has 1 saturated carbocycles. The van der Waals surface area contributed by atoms with E-state index in [1.807, 2.05) is 87.5 Å². The number of carbonyl (C=O) groups excluding carboxylic acids is 2. The summed E-state index contributed by atoms with van der Waals surface area (Å²) in [6.45, 7) is 6.01. The zero-order chi connectivity index (χ0) is 27.8. The van der Waals surface area contributed by atoms with Gasteiger partial charge in [0, 0.05) is 24.0 Å². The first kappa shape index (κ1) is 28.7. The molecule has 1 N–H and O–H groups in total. The van der Waals surface area contributed by atoms with E-state index in [-0.39, 0.29) is 24.5 Å². The minimum atomic E-state index is -0.668. The minimum Gasteiger partial charge on any atom is -0.484 e. The number of rotatable bonds is 10.